The maximum Gasteiger partial charge on any atom is 0.117 e. The normalized spacial score (nSPS) is 10.4. The monoisotopic (exact) mass is 203 g/mol. The molecular formula is C11H13N3O. The Balaban J connectivity index is 1.81. The van der Waals surface area contributed by atoms with Crippen molar-refractivity contribution in [3.63, 3.8) is 0 Å². The predicted octanol–water partition coefficient (Wildman–Crippen LogP) is 1.55. The molecule has 0 bridgehead atoms. The number of hydrogen-bond acceptors (Lipinski definition) is 4. The Morgan fingerprint density at radius 2 is 2.20 bits per heavy atom. The van der Waals surface area contributed by atoms with E-state index in [-0.39, 0.29) is 0 Å². The highest BCUT2D eigenvalue weighted by Gasteiger charge is 1.96. The summed E-state index contributed by atoms with van der Waals surface area (Å²) in [7, 11) is 0. The van der Waals surface area contributed by atoms with Crippen LogP contribution in [0.1, 0.15) is 11.5 Å². The summed E-state index contributed by atoms with van der Waals surface area (Å²) in [6.45, 7) is 1.42. The summed E-state index contributed by atoms with van der Waals surface area (Å²) in [5, 5.41) is 3.23. The molecule has 0 saturated carbocycles. The average molecular weight is 203 g/mol. The van der Waals surface area contributed by atoms with Crippen molar-refractivity contribution in [3.8, 4) is 0 Å². The van der Waals surface area contributed by atoms with E-state index in [4.69, 9.17) is 10.2 Å². The van der Waals surface area contributed by atoms with Crippen LogP contribution in [0.3, 0.4) is 0 Å². The van der Waals surface area contributed by atoms with Crippen molar-refractivity contribution >= 4 is 5.69 Å². The van der Waals surface area contributed by atoms with Gasteiger partial charge in [-0.3, -0.25) is 4.98 Å². The van der Waals surface area contributed by atoms with E-state index in [1.807, 2.05) is 24.3 Å². The van der Waals surface area contributed by atoms with Gasteiger partial charge in [-0.15, -0.1) is 0 Å². The first-order valence-corrected chi connectivity index (χ1v) is 4.78. The molecule has 0 aliphatic rings. The van der Waals surface area contributed by atoms with Gasteiger partial charge < -0.3 is 15.5 Å². The number of nitrogens with two attached hydrogens (primary N) is 1. The molecule has 4 nitrogen and oxygen atoms in total. The second kappa shape index (κ2) is 4.61. The van der Waals surface area contributed by atoms with Crippen LogP contribution in [0, 0.1) is 0 Å². The van der Waals surface area contributed by atoms with Gasteiger partial charge in [0.15, 0.2) is 0 Å². The van der Waals surface area contributed by atoms with Gasteiger partial charge in [0.05, 0.1) is 30.4 Å². The molecule has 0 radical (unpaired) electrons. The summed E-state index contributed by atoms with van der Waals surface area (Å²) in [6, 6.07) is 7.56. The van der Waals surface area contributed by atoms with E-state index >= 15 is 0 Å². The quantitative estimate of drug-likeness (QED) is 0.791. The van der Waals surface area contributed by atoms with Gasteiger partial charge in [-0.25, -0.2) is 0 Å². The zero-order chi connectivity index (χ0) is 10.5. The molecule has 2 rings (SSSR count). The fourth-order valence-corrected chi connectivity index (χ4v) is 1.27. The van der Waals surface area contributed by atoms with Crippen LogP contribution < -0.4 is 11.1 Å². The minimum Gasteiger partial charge on any atom is -0.468 e. The highest BCUT2D eigenvalue weighted by atomic mass is 16.3. The van der Waals surface area contributed by atoms with Crippen LogP contribution in [-0.2, 0) is 13.1 Å². The number of nitrogens with zero attached hydrogens (tertiary/aromatic N) is 1. The molecule has 15 heavy (non-hydrogen) atoms. The van der Waals surface area contributed by atoms with E-state index in [0.717, 1.165) is 11.5 Å². The highest BCUT2D eigenvalue weighted by molar-refractivity contribution is 5.34. The van der Waals surface area contributed by atoms with Crippen LogP contribution in [0.5, 0.6) is 0 Å². The lowest BCUT2D eigenvalue weighted by molar-refractivity contribution is 0.482. The first kappa shape index (κ1) is 9.73. The molecule has 0 saturated heterocycles. The number of furan rings is 1. The van der Waals surface area contributed by atoms with Crippen molar-refractivity contribution < 1.29 is 4.42 Å². The number of hydrogen-bond donors (Lipinski definition) is 2. The molecule has 0 spiro atoms. The minimum atomic E-state index is 0.685. The number of pyridine rings is 1. The van der Waals surface area contributed by atoms with Gasteiger partial charge in [0.25, 0.3) is 0 Å². The second-order valence-electron chi connectivity index (χ2n) is 3.27. The lowest BCUT2D eigenvalue weighted by Gasteiger charge is -2.02. The fraction of sp³-hybridized carbons (Fsp3) is 0.182. The molecule has 78 valence electrons. The average Bonchev–Trinajstić information content (AvgIpc) is 2.74. The van der Waals surface area contributed by atoms with Gasteiger partial charge >= 0.3 is 0 Å². The number of nitrogens with one attached hydrogen (secondary N) is 1. The highest BCUT2D eigenvalue weighted by Crippen LogP contribution is 2.02. The molecule has 2 aromatic rings. The molecule has 2 heterocycles. The summed E-state index contributed by atoms with van der Waals surface area (Å²) >= 11 is 0. The maximum atomic E-state index is 5.53. The van der Waals surface area contributed by atoms with Crippen LogP contribution >= 0.6 is 0 Å². The van der Waals surface area contributed by atoms with Crippen molar-refractivity contribution in [1.82, 2.24) is 10.3 Å². The molecule has 2 aromatic heterocycles. The zero-order valence-corrected chi connectivity index (χ0v) is 8.31. The molecule has 0 unspecified atom stereocenters. The Labute approximate surface area is 88.1 Å². The van der Waals surface area contributed by atoms with Crippen LogP contribution in [0.25, 0.3) is 0 Å². The minimum absolute atomic E-state index is 0.685. The topological polar surface area (TPSA) is 64.1 Å². The summed E-state index contributed by atoms with van der Waals surface area (Å²) in [5.41, 5.74) is 7.19. The van der Waals surface area contributed by atoms with Crippen LogP contribution in [-0.4, -0.2) is 4.98 Å². The molecule has 0 aliphatic heterocycles. The summed E-state index contributed by atoms with van der Waals surface area (Å²) < 4.78 is 5.19. The van der Waals surface area contributed by atoms with Crippen LogP contribution in [0.4, 0.5) is 5.69 Å². The Bertz CT molecular complexity index is 394. The van der Waals surface area contributed by atoms with E-state index in [9.17, 15) is 0 Å². The van der Waals surface area contributed by atoms with Gasteiger partial charge in [0.2, 0.25) is 0 Å². The fourth-order valence-electron chi connectivity index (χ4n) is 1.27. The van der Waals surface area contributed by atoms with Crippen molar-refractivity contribution in [2.45, 2.75) is 13.1 Å². The van der Waals surface area contributed by atoms with Crippen molar-refractivity contribution in [2.24, 2.45) is 0 Å². The Kier molecular flexibility index (Phi) is 2.99. The lowest BCUT2D eigenvalue weighted by atomic mass is 10.3. The van der Waals surface area contributed by atoms with Crippen molar-refractivity contribution in [1.29, 1.82) is 0 Å². The summed E-state index contributed by atoms with van der Waals surface area (Å²) in [6.07, 6.45) is 3.32. The zero-order valence-electron chi connectivity index (χ0n) is 8.31. The maximum absolute atomic E-state index is 5.53. The van der Waals surface area contributed by atoms with Gasteiger partial charge in [-0.1, -0.05) is 0 Å². The third-order valence-electron chi connectivity index (χ3n) is 2.03. The van der Waals surface area contributed by atoms with E-state index in [1.54, 1.807) is 12.5 Å². The molecule has 0 aliphatic carbocycles. The van der Waals surface area contributed by atoms with Crippen molar-refractivity contribution in [2.75, 3.05) is 5.73 Å². The Morgan fingerprint density at radius 1 is 1.27 bits per heavy atom. The molecule has 4 heteroatoms. The van der Waals surface area contributed by atoms with Crippen LogP contribution in [0.2, 0.25) is 0 Å². The van der Waals surface area contributed by atoms with Gasteiger partial charge in [-0.05, 0) is 24.3 Å². The molecule has 0 atom stereocenters. The lowest BCUT2D eigenvalue weighted by Crippen LogP contribution is -2.13. The predicted molar refractivity (Wildman–Crippen MR) is 57.9 cm³/mol. The Hall–Kier alpha value is -1.81. The molecular weight excluding hydrogens is 190 g/mol. The van der Waals surface area contributed by atoms with E-state index in [0.29, 0.717) is 18.8 Å². The number of nitrogen functional groups attached to an aromatic ring is 1. The number of rotatable bonds is 4. The third-order valence-corrected chi connectivity index (χ3v) is 2.03. The summed E-state index contributed by atoms with van der Waals surface area (Å²) in [4.78, 5) is 4.18. The molecule has 0 amide bonds. The van der Waals surface area contributed by atoms with Gasteiger partial charge in [-0.2, -0.15) is 0 Å². The number of anilines is 1. The summed E-state index contributed by atoms with van der Waals surface area (Å²) in [5.74, 6) is 0.922. The van der Waals surface area contributed by atoms with Gasteiger partial charge in [0, 0.05) is 6.54 Å². The Morgan fingerprint density at radius 3 is 2.87 bits per heavy atom. The van der Waals surface area contributed by atoms with Crippen molar-refractivity contribution in [3.05, 3.63) is 48.2 Å². The van der Waals surface area contributed by atoms with Gasteiger partial charge in [0.1, 0.15) is 5.76 Å². The third kappa shape index (κ3) is 2.82. The van der Waals surface area contributed by atoms with E-state index in [2.05, 4.69) is 10.3 Å². The standard InChI is InChI=1S/C11H13N3O/c12-9-3-4-10(14-6-9)7-13-8-11-2-1-5-15-11/h1-6,13H,7-8,12H2. The van der Waals surface area contributed by atoms with E-state index in [1.165, 1.54) is 0 Å². The first-order chi connectivity index (χ1) is 7.34. The molecule has 0 fully saturated rings. The number of aromatic nitrogens is 1. The molecule has 0 aromatic carbocycles. The largest absolute Gasteiger partial charge is 0.468 e. The first-order valence-electron chi connectivity index (χ1n) is 4.78. The smallest absolute Gasteiger partial charge is 0.117 e. The molecule has 3 N–H and O–H groups in total. The van der Waals surface area contributed by atoms with E-state index < -0.39 is 0 Å². The SMILES string of the molecule is Nc1ccc(CNCc2ccco2)nc1. The second-order valence-corrected chi connectivity index (χ2v) is 3.27. The van der Waals surface area contributed by atoms with Crippen LogP contribution in [0.15, 0.2) is 41.1 Å².